The Morgan fingerprint density at radius 3 is 2.65 bits per heavy atom. The molecule has 0 aliphatic carbocycles. The van der Waals surface area contributed by atoms with Gasteiger partial charge in [-0.2, -0.15) is 0 Å². The van der Waals surface area contributed by atoms with Crippen molar-refractivity contribution in [3.05, 3.63) is 66.4 Å². The van der Waals surface area contributed by atoms with Gasteiger partial charge < -0.3 is 9.84 Å². The van der Waals surface area contributed by atoms with Gasteiger partial charge in [-0.05, 0) is 42.8 Å². The van der Waals surface area contributed by atoms with Crippen molar-refractivity contribution in [1.82, 2.24) is 15.0 Å². The highest BCUT2D eigenvalue weighted by Crippen LogP contribution is 2.32. The minimum Gasteiger partial charge on any atom is -0.504 e. The van der Waals surface area contributed by atoms with Gasteiger partial charge in [0, 0.05) is 17.1 Å². The summed E-state index contributed by atoms with van der Waals surface area (Å²) in [6.45, 7) is 1.99. The standard InChI is InChI=1S/C21H17N3O2/c1-13-7-9-17(21-22-12-15-5-3-4-6-16(15)24-21)23-20(13)14-8-10-18(25)19(11-14)26-2/h3-12,25H,1-2H3. The minimum atomic E-state index is 0.0999. The highest BCUT2D eigenvalue weighted by atomic mass is 16.5. The van der Waals surface area contributed by atoms with E-state index in [0.29, 0.717) is 17.3 Å². The SMILES string of the molecule is COc1cc(-c2nc(-c3ncc4ccccc4n3)ccc2C)ccc1O. The summed E-state index contributed by atoms with van der Waals surface area (Å²) in [6.07, 6.45) is 1.81. The number of methoxy groups -OCH3 is 1. The van der Waals surface area contributed by atoms with Gasteiger partial charge >= 0.3 is 0 Å². The Bertz CT molecular complexity index is 1110. The molecule has 1 N–H and O–H groups in total. The number of aryl methyl sites for hydroxylation is 1. The van der Waals surface area contributed by atoms with Gasteiger partial charge in [-0.1, -0.05) is 24.3 Å². The summed E-state index contributed by atoms with van der Waals surface area (Å²) >= 11 is 0. The second kappa shape index (κ2) is 6.44. The summed E-state index contributed by atoms with van der Waals surface area (Å²) in [5.41, 5.74) is 4.26. The molecule has 128 valence electrons. The van der Waals surface area contributed by atoms with Crippen LogP contribution >= 0.6 is 0 Å². The molecule has 2 aromatic carbocycles. The van der Waals surface area contributed by atoms with Crippen molar-refractivity contribution in [3.63, 3.8) is 0 Å². The van der Waals surface area contributed by atoms with Gasteiger partial charge in [0.15, 0.2) is 17.3 Å². The van der Waals surface area contributed by atoms with Crippen molar-refractivity contribution in [3.8, 4) is 34.3 Å². The number of ether oxygens (including phenoxy) is 1. The van der Waals surface area contributed by atoms with Crippen LogP contribution in [0.4, 0.5) is 0 Å². The fourth-order valence-electron chi connectivity index (χ4n) is 2.87. The highest BCUT2D eigenvalue weighted by Gasteiger charge is 2.12. The lowest BCUT2D eigenvalue weighted by Gasteiger charge is -2.10. The zero-order chi connectivity index (χ0) is 18.1. The number of fused-ring (bicyclic) bond motifs is 1. The van der Waals surface area contributed by atoms with E-state index < -0.39 is 0 Å². The van der Waals surface area contributed by atoms with Crippen LogP contribution in [0, 0.1) is 6.92 Å². The average molecular weight is 343 g/mol. The third-order valence-corrected chi connectivity index (χ3v) is 4.27. The number of rotatable bonds is 3. The van der Waals surface area contributed by atoms with Crippen molar-refractivity contribution in [1.29, 1.82) is 0 Å². The molecule has 0 spiro atoms. The second-order valence-electron chi connectivity index (χ2n) is 6.00. The van der Waals surface area contributed by atoms with Gasteiger partial charge in [0.2, 0.25) is 0 Å². The van der Waals surface area contributed by atoms with Crippen LogP contribution in [-0.4, -0.2) is 27.2 Å². The van der Waals surface area contributed by atoms with Crippen LogP contribution in [0.2, 0.25) is 0 Å². The zero-order valence-corrected chi connectivity index (χ0v) is 14.5. The Balaban J connectivity index is 1.83. The first-order valence-electron chi connectivity index (χ1n) is 8.23. The molecule has 5 nitrogen and oxygen atoms in total. The molecule has 4 aromatic rings. The molecule has 0 aliphatic rings. The fraction of sp³-hybridized carbons (Fsp3) is 0.0952. The Labute approximate surface area is 151 Å². The smallest absolute Gasteiger partial charge is 0.178 e. The molecule has 2 aromatic heterocycles. The van der Waals surface area contributed by atoms with Crippen LogP contribution in [-0.2, 0) is 0 Å². The molecule has 26 heavy (non-hydrogen) atoms. The fourth-order valence-corrected chi connectivity index (χ4v) is 2.87. The average Bonchev–Trinajstić information content (AvgIpc) is 2.68. The number of phenols is 1. The van der Waals surface area contributed by atoms with Crippen LogP contribution in [0.1, 0.15) is 5.56 Å². The molecule has 0 atom stereocenters. The first-order chi connectivity index (χ1) is 12.7. The number of benzene rings is 2. The lowest BCUT2D eigenvalue weighted by molar-refractivity contribution is 0.373. The van der Waals surface area contributed by atoms with E-state index in [1.165, 1.54) is 7.11 Å². The minimum absolute atomic E-state index is 0.0999. The molecule has 0 saturated carbocycles. The molecule has 5 heteroatoms. The van der Waals surface area contributed by atoms with Crippen molar-refractivity contribution >= 4 is 10.9 Å². The van der Waals surface area contributed by atoms with Crippen LogP contribution in [0.3, 0.4) is 0 Å². The molecule has 0 bridgehead atoms. The predicted octanol–water partition coefficient (Wildman–Crippen LogP) is 4.38. The predicted molar refractivity (Wildman–Crippen MR) is 101 cm³/mol. The van der Waals surface area contributed by atoms with E-state index in [1.54, 1.807) is 12.1 Å². The summed E-state index contributed by atoms with van der Waals surface area (Å²) in [5, 5.41) is 10.8. The van der Waals surface area contributed by atoms with E-state index in [0.717, 1.165) is 27.7 Å². The second-order valence-corrected chi connectivity index (χ2v) is 6.00. The van der Waals surface area contributed by atoms with Crippen LogP contribution in [0.15, 0.2) is 60.8 Å². The Hall–Kier alpha value is -3.47. The summed E-state index contributed by atoms with van der Waals surface area (Å²) < 4.78 is 5.21. The number of para-hydroxylation sites is 1. The van der Waals surface area contributed by atoms with Crippen molar-refractivity contribution in [2.75, 3.05) is 7.11 Å². The molecule has 0 radical (unpaired) electrons. The summed E-state index contributed by atoms with van der Waals surface area (Å²) in [4.78, 5) is 13.8. The summed E-state index contributed by atoms with van der Waals surface area (Å²) in [6, 6.07) is 17.0. The molecule has 0 fully saturated rings. The maximum atomic E-state index is 9.82. The number of phenolic OH excluding ortho intramolecular Hbond substituents is 1. The molecule has 2 heterocycles. The van der Waals surface area contributed by atoms with E-state index in [1.807, 2.05) is 55.6 Å². The topological polar surface area (TPSA) is 68.1 Å². The van der Waals surface area contributed by atoms with E-state index in [9.17, 15) is 5.11 Å². The Morgan fingerprint density at radius 2 is 1.81 bits per heavy atom. The number of aromatic nitrogens is 3. The number of nitrogens with zero attached hydrogens (tertiary/aromatic N) is 3. The van der Waals surface area contributed by atoms with Crippen LogP contribution < -0.4 is 4.74 Å². The Kier molecular flexibility index (Phi) is 3.97. The third-order valence-electron chi connectivity index (χ3n) is 4.27. The summed E-state index contributed by atoms with van der Waals surface area (Å²) in [7, 11) is 1.53. The van der Waals surface area contributed by atoms with Gasteiger partial charge in [0.1, 0.15) is 5.69 Å². The zero-order valence-electron chi connectivity index (χ0n) is 14.5. The maximum Gasteiger partial charge on any atom is 0.178 e. The number of hydrogen-bond donors (Lipinski definition) is 1. The normalized spacial score (nSPS) is 10.8. The molecule has 0 unspecified atom stereocenters. The number of pyridine rings is 1. The van der Waals surface area contributed by atoms with Crippen molar-refractivity contribution < 1.29 is 9.84 Å². The first kappa shape index (κ1) is 16.0. The van der Waals surface area contributed by atoms with E-state index in [4.69, 9.17) is 9.72 Å². The molecule has 0 saturated heterocycles. The molecule has 4 rings (SSSR count). The molecule has 0 aliphatic heterocycles. The van der Waals surface area contributed by atoms with Gasteiger partial charge in [0.05, 0.1) is 18.3 Å². The highest BCUT2D eigenvalue weighted by molar-refractivity contribution is 5.79. The monoisotopic (exact) mass is 343 g/mol. The quantitative estimate of drug-likeness (QED) is 0.598. The van der Waals surface area contributed by atoms with Crippen LogP contribution in [0.5, 0.6) is 11.5 Å². The van der Waals surface area contributed by atoms with Gasteiger partial charge in [-0.3, -0.25) is 0 Å². The Morgan fingerprint density at radius 1 is 0.962 bits per heavy atom. The van der Waals surface area contributed by atoms with E-state index in [2.05, 4.69) is 9.97 Å². The van der Waals surface area contributed by atoms with E-state index >= 15 is 0 Å². The number of hydrogen-bond acceptors (Lipinski definition) is 5. The molecular weight excluding hydrogens is 326 g/mol. The maximum absolute atomic E-state index is 9.82. The first-order valence-corrected chi connectivity index (χ1v) is 8.23. The summed E-state index contributed by atoms with van der Waals surface area (Å²) in [5.74, 6) is 1.09. The van der Waals surface area contributed by atoms with Crippen LogP contribution in [0.25, 0.3) is 33.7 Å². The number of aromatic hydroxyl groups is 1. The van der Waals surface area contributed by atoms with E-state index in [-0.39, 0.29) is 5.75 Å². The third kappa shape index (κ3) is 2.84. The van der Waals surface area contributed by atoms with Gasteiger partial charge in [-0.25, -0.2) is 15.0 Å². The molecule has 0 amide bonds. The lowest BCUT2D eigenvalue weighted by atomic mass is 10.1. The lowest BCUT2D eigenvalue weighted by Crippen LogP contribution is -1.96. The largest absolute Gasteiger partial charge is 0.504 e. The molecular formula is C21H17N3O2. The van der Waals surface area contributed by atoms with Gasteiger partial charge in [0.25, 0.3) is 0 Å². The van der Waals surface area contributed by atoms with Gasteiger partial charge in [-0.15, -0.1) is 0 Å². The van der Waals surface area contributed by atoms with Crippen molar-refractivity contribution in [2.24, 2.45) is 0 Å². The van der Waals surface area contributed by atoms with Crippen molar-refractivity contribution in [2.45, 2.75) is 6.92 Å².